The maximum atomic E-state index is 13.0. The molecule has 1 amide bonds. The van der Waals surface area contributed by atoms with Crippen molar-refractivity contribution in [1.82, 2.24) is 10.2 Å². The Morgan fingerprint density at radius 3 is 2.50 bits per heavy atom. The number of carbonyl (C=O) groups excluding carboxylic acids is 1. The van der Waals surface area contributed by atoms with Crippen LogP contribution in [0.15, 0.2) is 41.3 Å². The number of nitrogens with one attached hydrogen (secondary N) is 1. The molecule has 0 unspecified atom stereocenters. The van der Waals surface area contributed by atoms with Gasteiger partial charge in [0.05, 0.1) is 10.6 Å². The van der Waals surface area contributed by atoms with Crippen molar-refractivity contribution in [3.8, 4) is 0 Å². The zero-order valence-electron chi connectivity index (χ0n) is 15.9. The van der Waals surface area contributed by atoms with Gasteiger partial charge in [0.2, 0.25) is 5.91 Å². The van der Waals surface area contributed by atoms with Crippen molar-refractivity contribution in [2.75, 3.05) is 37.0 Å². The Morgan fingerprint density at radius 1 is 1.14 bits per heavy atom. The van der Waals surface area contributed by atoms with Crippen molar-refractivity contribution >= 4 is 44.8 Å². The Morgan fingerprint density at radius 2 is 1.82 bits per heavy atom. The summed E-state index contributed by atoms with van der Waals surface area (Å²) in [5.41, 5.74) is 0.610. The maximum Gasteiger partial charge on any atom is 0.265 e. The SMILES string of the molecule is CCNCC1CCN(C(=O)CN2c3cccc4cccc(c34)S2(=O)=O)CC1.Cl. The number of amides is 1. The summed E-state index contributed by atoms with van der Waals surface area (Å²) in [6.45, 7) is 5.29. The zero-order chi connectivity index (χ0) is 19.0. The van der Waals surface area contributed by atoms with E-state index >= 15 is 0 Å². The van der Waals surface area contributed by atoms with E-state index in [-0.39, 0.29) is 24.9 Å². The van der Waals surface area contributed by atoms with E-state index in [1.165, 1.54) is 4.31 Å². The number of likely N-dealkylation sites (tertiary alicyclic amines) is 1. The Kier molecular flexibility index (Phi) is 6.17. The molecule has 28 heavy (non-hydrogen) atoms. The third-order valence-electron chi connectivity index (χ3n) is 5.61. The summed E-state index contributed by atoms with van der Waals surface area (Å²) in [6.07, 6.45) is 1.92. The van der Waals surface area contributed by atoms with Crippen molar-refractivity contribution in [3.63, 3.8) is 0 Å². The maximum absolute atomic E-state index is 13.0. The average molecular weight is 424 g/mol. The van der Waals surface area contributed by atoms with Gasteiger partial charge in [-0.1, -0.05) is 31.2 Å². The lowest BCUT2D eigenvalue weighted by Crippen LogP contribution is -2.46. The molecule has 6 nitrogen and oxygen atoms in total. The number of piperidine rings is 1. The Bertz CT molecular complexity index is 967. The second-order valence-corrected chi connectivity index (χ2v) is 9.11. The van der Waals surface area contributed by atoms with Crippen LogP contribution in [-0.2, 0) is 14.8 Å². The zero-order valence-corrected chi connectivity index (χ0v) is 17.6. The summed E-state index contributed by atoms with van der Waals surface area (Å²) in [5, 5.41) is 4.96. The lowest BCUT2D eigenvalue weighted by molar-refractivity contribution is -0.130. The molecule has 1 fully saturated rings. The third kappa shape index (κ3) is 3.58. The summed E-state index contributed by atoms with van der Waals surface area (Å²) < 4.78 is 27.3. The molecule has 0 aromatic heterocycles. The molecular weight excluding hydrogens is 398 g/mol. The lowest BCUT2D eigenvalue weighted by atomic mass is 9.97. The number of halogens is 1. The van der Waals surface area contributed by atoms with Crippen LogP contribution >= 0.6 is 12.4 Å². The molecule has 0 radical (unpaired) electrons. The van der Waals surface area contributed by atoms with E-state index in [1.807, 2.05) is 18.2 Å². The predicted octanol–water partition coefficient (Wildman–Crippen LogP) is 2.62. The molecule has 2 aromatic rings. The molecular formula is C20H26ClN3O3S. The summed E-state index contributed by atoms with van der Waals surface area (Å²) >= 11 is 0. The van der Waals surface area contributed by atoms with Crippen LogP contribution < -0.4 is 9.62 Å². The number of rotatable bonds is 5. The predicted molar refractivity (Wildman–Crippen MR) is 114 cm³/mol. The molecule has 2 heterocycles. The van der Waals surface area contributed by atoms with E-state index in [1.54, 1.807) is 23.1 Å². The molecule has 4 rings (SSSR count). The van der Waals surface area contributed by atoms with E-state index in [2.05, 4.69) is 12.2 Å². The topological polar surface area (TPSA) is 69.7 Å². The molecule has 0 atom stereocenters. The normalized spacial score (nSPS) is 18.3. The standard InChI is InChI=1S/C20H25N3O3S.ClH/c1-2-21-13-15-9-11-22(12-10-15)19(24)14-23-17-7-3-5-16-6-4-8-18(20(16)17)27(23,25)26;/h3-8,15,21H,2,9-14H2,1H3;1H. The number of benzene rings is 2. The Hall–Kier alpha value is -1.83. The Balaban J connectivity index is 0.00000225. The first kappa shape index (κ1) is 20.9. The van der Waals surface area contributed by atoms with Crippen LogP contribution in [0.25, 0.3) is 10.8 Å². The first-order valence-electron chi connectivity index (χ1n) is 9.55. The minimum atomic E-state index is -3.68. The molecule has 2 aliphatic rings. The van der Waals surface area contributed by atoms with Crippen molar-refractivity contribution in [1.29, 1.82) is 0 Å². The molecule has 1 N–H and O–H groups in total. The van der Waals surface area contributed by atoms with Gasteiger partial charge < -0.3 is 10.2 Å². The fraction of sp³-hybridized carbons (Fsp3) is 0.450. The first-order valence-corrected chi connectivity index (χ1v) is 11.0. The average Bonchev–Trinajstić information content (AvgIpc) is 2.90. The highest BCUT2D eigenvalue weighted by atomic mass is 35.5. The smallest absolute Gasteiger partial charge is 0.265 e. The molecule has 8 heteroatoms. The number of nitrogens with zero attached hydrogens (tertiary/aromatic N) is 2. The third-order valence-corrected chi connectivity index (χ3v) is 7.41. The van der Waals surface area contributed by atoms with Crippen LogP contribution in [-0.4, -0.2) is 51.9 Å². The summed E-state index contributed by atoms with van der Waals surface area (Å²) in [5.74, 6) is 0.466. The van der Waals surface area contributed by atoms with Crippen molar-refractivity contribution in [2.45, 2.75) is 24.7 Å². The number of sulfonamides is 1. The largest absolute Gasteiger partial charge is 0.341 e. The highest BCUT2D eigenvalue weighted by Crippen LogP contribution is 2.41. The van der Waals surface area contributed by atoms with Gasteiger partial charge in [0.25, 0.3) is 10.0 Å². The van der Waals surface area contributed by atoms with Crippen LogP contribution in [0.5, 0.6) is 0 Å². The van der Waals surface area contributed by atoms with Gasteiger partial charge in [0, 0.05) is 18.5 Å². The monoisotopic (exact) mass is 423 g/mol. The molecule has 152 valence electrons. The van der Waals surface area contributed by atoms with Gasteiger partial charge in [-0.05, 0) is 49.4 Å². The number of hydrogen-bond donors (Lipinski definition) is 1. The molecule has 2 aliphatic heterocycles. The molecule has 0 aliphatic carbocycles. The highest BCUT2D eigenvalue weighted by Gasteiger charge is 2.37. The van der Waals surface area contributed by atoms with Gasteiger partial charge in [-0.25, -0.2) is 8.42 Å². The highest BCUT2D eigenvalue weighted by molar-refractivity contribution is 7.93. The van der Waals surface area contributed by atoms with Crippen molar-refractivity contribution < 1.29 is 13.2 Å². The molecule has 0 spiro atoms. The number of hydrogen-bond acceptors (Lipinski definition) is 4. The van der Waals surface area contributed by atoms with Gasteiger partial charge in [0.1, 0.15) is 6.54 Å². The van der Waals surface area contributed by atoms with Gasteiger partial charge in [-0.2, -0.15) is 0 Å². The van der Waals surface area contributed by atoms with Crippen LogP contribution in [0.1, 0.15) is 19.8 Å². The van der Waals surface area contributed by atoms with Gasteiger partial charge in [-0.15, -0.1) is 12.4 Å². The second-order valence-electron chi connectivity index (χ2n) is 7.27. The van der Waals surface area contributed by atoms with E-state index in [4.69, 9.17) is 0 Å². The summed E-state index contributed by atoms with van der Waals surface area (Å²) in [6, 6.07) is 10.8. The van der Waals surface area contributed by atoms with E-state index in [0.29, 0.717) is 29.6 Å². The molecule has 0 bridgehead atoms. The molecule has 2 aromatic carbocycles. The van der Waals surface area contributed by atoms with Crippen LogP contribution in [0, 0.1) is 5.92 Å². The second kappa shape index (κ2) is 8.27. The lowest BCUT2D eigenvalue weighted by Gasteiger charge is -2.33. The van der Waals surface area contributed by atoms with Crippen LogP contribution in [0.3, 0.4) is 0 Å². The summed E-state index contributed by atoms with van der Waals surface area (Å²) in [7, 11) is -3.68. The van der Waals surface area contributed by atoms with Crippen molar-refractivity contribution in [2.24, 2.45) is 5.92 Å². The van der Waals surface area contributed by atoms with E-state index in [9.17, 15) is 13.2 Å². The van der Waals surface area contributed by atoms with Gasteiger partial charge >= 0.3 is 0 Å². The molecule has 1 saturated heterocycles. The van der Waals surface area contributed by atoms with Crippen molar-refractivity contribution in [3.05, 3.63) is 36.4 Å². The fourth-order valence-electron chi connectivity index (χ4n) is 4.09. The number of carbonyl (C=O) groups is 1. The van der Waals surface area contributed by atoms with Gasteiger partial charge in [-0.3, -0.25) is 9.10 Å². The fourth-order valence-corrected chi connectivity index (χ4v) is 5.75. The quantitative estimate of drug-likeness (QED) is 0.802. The molecule has 0 saturated carbocycles. The van der Waals surface area contributed by atoms with Gasteiger partial charge in [0.15, 0.2) is 0 Å². The van der Waals surface area contributed by atoms with Crippen LogP contribution in [0.2, 0.25) is 0 Å². The minimum Gasteiger partial charge on any atom is -0.341 e. The van der Waals surface area contributed by atoms with E-state index < -0.39 is 10.0 Å². The Labute approximate surface area is 172 Å². The van der Waals surface area contributed by atoms with Crippen LogP contribution in [0.4, 0.5) is 5.69 Å². The number of anilines is 1. The first-order chi connectivity index (χ1) is 13.0. The van der Waals surface area contributed by atoms with E-state index in [0.717, 1.165) is 36.7 Å². The summed E-state index contributed by atoms with van der Waals surface area (Å²) in [4.78, 5) is 14.9. The minimum absolute atomic E-state index is 0.